The Morgan fingerprint density at radius 2 is 2.36 bits per heavy atom. The summed E-state index contributed by atoms with van der Waals surface area (Å²) in [6.07, 6.45) is 4.53. The Balaban J connectivity index is 1.84. The van der Waals surface area contributed by atoms with Crippen molar-refractivity contribution in [2.75, 3.05) is 20.3 Å². The number of rotatable bonds is 7. The Morgan fingerprint density at radius 1 is 1.48 bits per heavy atom. The van der Waals surface area contributed by atoms with Crippen LogP contribution in [0.25, 0.3) is 0 Å². The van der Waals surface area contributed by atoms with Gasteiger partial charge in [0, 0.05) is 6.61 Å². The molecule has 0 amide bonds. The molecule has 7 nitrogen and oxygen atoms in total. The van der Waals surface area contributed by atoms with Crippen molar-refractivity contribution in [3.05, 3.63) is 34.4 Å². The Labute approximate surface area is 151 Å². The maximum Gasteiger partial charge on any atom is 0.216 e. The number of aromatic nitrogens is 3. The second kappa shape index (κ2) is 8.26. The molecule has 1 aromatic carbocycles. The van der Waals surface area contributed by atoms with Gasteiger partial charge in [-0.15, -0.1) is 0 Å². The number of aromatic amines is 1. The average molecular weight is 362 g/mol. The number of methoxy groups -OCH3 is 1. The molecule has 2 heterocycles. The minimum Gasteiger partial charge on any atom is -0.493 e. The molecule has 0 saturated carbocycles. The number of benzene rings is 1. The van der Waals surface area contributed by atoms with Gasteiger partial charge in [-0.1, -0.05) is 6.92 Å². The molecule has 8 heteroatoms. The molecule has 25 heavy (non-hydrogen) atoms. The summed E-state index contributed by atoms with van der Waals surface area (Å²) in [4.78, 5) is 0. The minimum atomic E-state index is -0.0654. The molecule has 1 N–H and O–H groups in total. The zero-order chi connectivity index (χ0) is 17.6. The van der Waals surface area contributed by atoms with Gasteiger partial charge in [0.05, 0.1) is 19.9 Å². The number of nitrogens with one attached hydrogen (secondary N) is 1. The summed E-state index contributed by atoms with van der Waals surface area (Å²) in [6, 6.07) is 5.67. The van der Waals surface area contributed by atoms with E-state index >= 15 is 0 Å². The highest BCUT2D eigenvalue weighted by atomic mass is 32.1. The zero-order valence-electron chi connectivity index (χ0n) is 14.4. The van der Waals surface area contributed by atoms with Crippen LogP contribution in [-0.2, 0) is 4.74 Å². The Morgan fingerprint density at radius 3 is 3.08 bits per heavy atom. The molecule has 1 aliphatic heterocycles. The predicted molar refractivity (Wildman–Crippen MR) is 97.1 cm³/mol. The quantitative estimate of drug-likeness (QED) is 0.603. The lowest BCUT2D eigenvalue weighted by atomic mass is 10.2. The van der Waals surface area contributed by atoms with E-state index < -0.39 is 0 Å². The van der Waals surface area contributed by atoms with E-state index in [1.54, 1.807) is 18.0 Å². The monoisotopic (exact) mass is 362 g/mol. The molecule has 1 aliphatic rings. The van der Waals surface area contributed by atoms with Crippen molar-refractivity contribution < 1.29 is 14.2 Å². The van der Waals surface area contributed by atoms with Crippen LogP contribution in [0.1, 0.15) is 43.7 Å². The van der Waals surface area contributed by atoms with Crippen LogP contribution in [0.4, 0.5) is 0 Å². The largest absolute Gasteiger partial charge is 0.493 e. The van der Waals surface area contributed by atoms with Gasteiger partial charge < -0.3 is 14.2 Å². The van der Waals surface area contributed by atoms with E-state index in [4.69, 9.17) is 26.4 Å². The molecule has 2 aromatic rings. The standard InChI is InChI=1S/C17H22N4O3S/c1-3-8-23-15-10-12(6-7-13(15)22-2)11-18-21-16(19-20-17(21)25)14-5-4-9-24-14/h6-7,10-11,14H,3-5,8-9H2,1-2H3,(H,20,25)/b18-11-. The lowest BCUT2D eigenvalue weighted by molar-refractivity contribution is 0.102. The van der Waals surface area contributed by atoms with Gasteiger partial charge >= 0.3 is 0 Å². The first kappa shape index (κ1) is 17.6. The summed E-state index contributed by atoms with van der Waals surface area (Å²) >= 11 is 5.28. The van der Waals surface area contributed by atoms with Crippen LogP contribution >= 0.6 is 12.2 Å². The number of nitrogens with zero attached hydrogens (tertiary/aromatic N) is 3. The first-order valence-corrected chi connectivity index (χ1v) is 8.78. The summed E-state index contributed by atoms with van der Waals surface area (Å²) in [6.45, 7) is 3.43. The van der Waals surface area contributed by atoms with Crippen molar-refractivity contribution in [2.45, 2.75) is 32.3 Å². The van der Waals surface area contributed by atoms with Crippen molar-refractivity contribution in [1.29, 1.82) is 0 Å². The van der Waals surface area contributed by atoms with E-state index in [9.17, 15) is 0 Å². The third-order valence-electron chi connectivity index (χ3n) is 3.86. The first-order valence-electron chi connectivity index (χ1n) is 8.37. The topological polar surface area (TPSA) is 73.7 Å². The molecule has 0 aliphatic carbocycles. The highest BCUT2D eigenvalue weighted by Gasteiger charge is 2.23. The SMILES string of the molecule is CCCOc1cc(/C=N\n2c(C3CCCO3)n[nH]c2=S)ccc1OC. The van der Waals surface area contributed by atoms with E-state index in [1.807, 2.05) is 18.2 Å². The van der Waals surface area contributed by atoms with Crippen molar-refractivity contribution >= 4 is 18.4 Å². The van der Waals surface area contributed by atoms with Gasteiger partial charge in [0.15, 0.2) is 17.3 Å². The summed E-state index contributed by atoms with van der Waals surface area (Å²) in [7, 11) is 1.63. The average Bonchev–Trinajstić information content (AvgIpc) is 3.28. The van der Waals surface area contributed by atoms with E-state index in [2.05, 4.69) is 22.2 Å². The Hall–Kier alpha value is -2.19. The molecule has 0 spiro atoms. The van der Waals surface area contributed by atoms with Crippen molar-refractivity contribution in [3.63, 3.8) is 0 Å². The van der Waals surface area contributed by atoms with E-state index in [-0.39, 0.29) is 6.10 Å². The van der Waals surface area contributed by atoms with Crippen LogP contribution in [0, 0.1) is 4.77 Å². The molecule has 3 rings (SSSR count). The Kier molecular flexibility index (Phi) is 5.83. The molecule has 0 radical (unpaired) electrons. The van der Waals surface area contributed by atoms with Gasteiger partial charge in [-0.3, -0.25) is 5.10 Å². The fourth-order valence-electron chi connectivity index (χ4n) is 2.63. The van der Waals surface area contributed by atoms with E-state index in [0.29, 0.717) is 28.7 Å². The van der Waals surface area contributed by atoms with E-state index in [0.717, 1.165) is 31.4 Å². The fraction of sp³-hybridized carbons (Fsp3) is 0.471. The van der Waals surface area contributed by atoms with Gasteiger partial charge in [0.2, 0.25) is 4.77 Å². The molecule has 1 fully saturated rings. The summed E-state index contributed by atoms with van der Waals surface area (Å²) in [5.74, 6) is 2.10. The number of hydrogen-bond donors (Lipinski definition) is 1. The second-order valence-electron chi connectivity index (χ2n) is 5.70. The third kappa shape index (κ3) is 4.08. The van der Waals surface area contributed by atoms with Crippen LogP contribution in [-0.4, -0.2) is 41.4 Å². The molecule has 1 aromatic heterocycles. The summed E-state index contributed by atoms with van der Waals surface area (Å²) < 4.78 is 18.8. The van der Waals surface area contributed by atoms with Gasteiger partial charge in [-0.25, -0.2) is 0 Å². The van der Waals surface area contributed by atoms with E-state index in [1.165, 1.54) is 0 Å². The maximum atomic E-state index is 5.73. The lowest BCUT2D eigenvalue weighted by Crippen LogP contribution is -2.05. The lowest BCUT2D eigenvalue weighted by Gasteiger charge is -2.10. The maximum absolute atomic E-state index is 5.73. The normalized spacial score (nSPS) is 17.3. The van der Waals surface area contributed by atoms with Crippen LogP contribution in [0.5, 0.6) is 11.5 Å². The molecular weight excluding hydrogens is 340 g/mol. The summed E-state index contributed by atoms with van der Waals surface area (Å²) in [5.41, 5.74) is 0.883. The minimum absolute atomic E-state index is 0.0654. The van der Waals surface area contributed by atoms with Crippen LogP contribution < -0.4 is 9.47 Å². The van der Waals surface area contributed by atoms with Crippen molar-refractivity contribution in [3.8, 4) is 11.5 Å². The highest BCUT2D eigenvalue weighted by Crippen LogP contribution is 2.28. The smallest absolute Gasteiger partial charge is 0.216 e. The van der Waals surface area contributed by atoms with Crippen LogP contribution in [0.3, 0.4) is 0 Å². The molecule has 1 saturated heterocycles. The predicted octanol–water partition coefficient (Wildman–Crippen LogP) is 3.47. The zero-order valence-corrected chi connectivity index (χ0v) is 15.2. The van der Waals surface area contributed by atoms with Crippen LogP contribution in [0.15, 0.2) is 23.3 Å². The van der Waals surface area contributed by atoms with Gasteiger partial charge in [0.1, 0.15) is 6.10 Å². The summed E-state index contributed by atoms with van der Waals surface area (Å²) in [5, 5.41) is 11.5. The molecule has 134 valence electrons. The Bertz CT molecular complexity index is 793. The van der Waals surface area contributed by atoms with Crippen molar-refractivity contribution in [1.82, 2.24) is 14.9 Å². The first-order chi connectivity index (χ1) is 12.2. The van der Waals surface area contributed by atoms with Crippen LogP contribution in [0.2, 0.25) is 0 Å². The van der Waals surface area contributed by atoms with Gasteiger partial charge in [-0.2, -0.15) is 14.9 Å². The second-order valence-corrected chi connectivity index (χ2v) is 6.09. The van der Waals surface area contributed by atoms with Gasteiger partial charge in [-0.05, 0) is 55.2 Å². The molecule has 1 atom stereocenters. The fourth-order valence-corrected chi connectivity index (χ4v) is 2.81. The third-order valence-corrected chi connectivity index (χ3v) is 4.13. The number of hydrogen-bond acceptors (Lipinski definition) is 6. The number of ether oxygens (including phenoxy) is 3. The van der Waals surface area contributed by atoms with Crippen molar-refractivity contribution in [2.24, 2.45) is 5.10 Å². The molecule has 0 bridgehead atoms. The number of H-pyrrole nitrogens is 1. The molecular formula is C17H22N4O3S. The molecule has 1 unspecified atom stereocenters. The highest BCUT2D eigenvalue weighted by molar-refractivity contribution is 7.71. The van der Waals surface area contributed by atoms with Gasteiger partial charge in [0.25, 0.3) is 0 Å².